The topological polar surface area (TPSA) is 17.1 Å². The summed E-state index contributed by atoms with van der Waals surface area (Å²) < 4.78 is 0. The molecule has 1 aromatic carbocycles. The Labute approximate surface area is 73.4 Å². The molecule has 1 aromatic rings. The summed E-state index contributed by atoms with van der Waals surface area (Å²) in [7, 11) is 0. The van der Waals surface area contributed by atoms with Crippen molar-refractivity contribution in [2.24, 2.45) is 0 Å². The standard InChI is InChI=1S/C11H14O/c1-8-4-9(2)6-11(5-8)7-10(3)12/h4-6H,7H2,1-3H3. The Morgan fingerprint density at radius 3 is 2.08 bits per heavy atom. The zero-order valence-corrected chi connectivity index (χ0v) is 7.85. The van der Waals surface area contributed by atoms with Gasteiger partial charge in [0.15, 0.2) is 0 Å². The number of ketones is 1. The van der Waals surface area contributed by atoms with E-state index in [0.29, 0.717) is 6.42 Å². The molecule has 0 amide bonds. The van der Waals surface area contributed by atoms with Gasteiger partial charge in [0.25, 0.3) is 0 Å². The number of hydrogen-bond acceptors (Lipinski definition) is 1. The average molecular weight is 162 g/mol. The quantitative estimate of drug-likeness (QED) is 0.652. The normalized spacial score (nSPS) is 9.92. The zero-order chi connectivity index (χ0) is 9.14. The lowest BCUT2D eigenvalue weighted by molar-refractivity contribution is -0.116. The molecule has 1 nitrogen and oxygen atoms in total. The van der Waals surface area contributed by atoms with Crippen LogP contribution in [0.4, 0.5) is 0 Å². The summed E-state index contributed by atoms with van der Waals surface area (Å²) in [6.45, 7) is 5.73. The molecule has 0 saturated heterocycles. The van der Waals surface area contributed by atoms with E-state index in [4.69, 9.17) is 0 Å². The fourth-order valence-corrected chi connectivity index (χ4v) is 1.46. The number of carbonyl (C=O) groups excluding carboxylic acids is 1. The van der Waals surface area contributed by atoms with Gasteiger partial charge in [-0.3, -0.25) is 4.79 Å². The van der Waals surface area contributed by atoms with Crippen LogP contribution in [-0.2, 0) is 11.2 Å². The van der Waals surface area contributed by atoms with E-state index < -0.39 is 0 Å². The van der Waals surface area contributed by atoms with Crippen LogP contribution in [0.15, 0.2) is 18.2 Å². The maximum absolute atomic E-state index is 10.8. The highest BCUT2D eigenvalue weighted by atomic mass is 16.1. The SMILES string of the molecule is CC(=O)Cc1cc(C)cc(C)c1. The summed E-state index contributed by atoms with van der Waals surface area (Å²) in [5, 5.41) is 0. The van der Waals surface area contributed by atoms with Crippen molar-refractivity contribution < 1.29 is 4.79 Å². The summed E-state index contributed by atoms with van der Waals surface area (Å²) in [6.07, 6.45) is 0.558. The van der Waals surface area contributed by atoms with Gasteiger partial charge in [0.2, 0.25) is 0 Å². The number of Topliss-reactive ketones (excluding diaryl/α,β-unsaturated/α-hetero) is 1. The zero-order valence-electron chi connectivity index (χ0n) is 7.85. The minimum Gasteiger partial charge on any atom is -0.300 e. The van der Waals surface area contributed by atoms with Crippen LogP contribution in [0.2, 0.25) is 0 Å². The minimum absolute atomic E-state index is 0.222. The molecule has 0 unspecified atom stereocenters. The highest BCUT2D eigenvalue weighted by molar-refractivity contribution is 5.78. The number of carbonyl (C=O) groups is 1. The fraction of sp³-hybridized carbons (Fsp3) is 0.364. The summed E-state index contributed by atoms with van der Waals surface area (Å²) >= 11 is 0. The maximum atomic E-state index is 10.8. The lowest BCUT2D eigenvalue weighted by atomic mass is 10.0. The number of hydrogen-bond donors (Lipinski definition) is 0. The largest absolute Gasteiger partial charge is 0.300 e. The molecule has 0 N–H and O–H groups in total. The van der Waals surface area contributed by atoms with Gasteiger partial charge in [0.1, 0.15) is 5.78 Å². The predicted molar refractivity (Wildman–Crippen MR) is 50.3 cm³/mol. The van der Waals surface area contributed by atoms with Crippen molar-refractivity contribution in [3.05, 3.63) is 34.9 Å². The molecule has 0 saturated carbocycles. The Hall–Kier alpha value is -1.11. The van der Waals surface area contributed by atoms with E-state index in [2.05, 4.69) is 32.0 Å². The molecule has 12 heavy (non-hydrogen) atoms. The van der Waals surface area contributed by atoms with Gasteiger partial charge < -0.3 is 0 Å². The van der Waals surface area contributed by atoms with Gasteiger partial charge in [0, 0.05) is 6.42 Å². The summed E-state index contributed by atoms with van der Waals surface area (Å²) in [5.74, 6) is 0.222. The molecule has 0 aromatic heterocycles. The van der Waals surface area contributed by atoms with Gasteiger partial charge in [-0.15, -0.1) is 0 Å². The van der Waals surface area contributed by atoms with Gasteiger partial charge in [-0.2, -0.15) is 0 Å². The van der Waals surface area contributed by atoms with Gasteiger partial charge in [-0.1, -0.05) is 29.3 Å². The van der Waals surface area contributed by atoms with Gasteiger partial charge in [-0.25, -0.2) is 0 Å². The highest BCUT2D eigenvalue weighted by Crippen LogP contribution is 2.09. The van der Waals surface area contributed by atoms with E-state index in [1.807, 2.05) is 0 Å². The second-order valence-corrected chi connectivity index (χ2v) is 3.37. The predicted octanol–water partition coefficient (Wildman–Crippen LogP) is 2.43. The molecule has 1 rings (SSSR count). The van der Waals surface area contributed by atoms with E-state index >= 15 is 0 Å². The van der Waals surface area contributed by atoms with Gasteiger partial charge in [0.05, 0.1) is 0 Å². The molecule has 1 heteroatoms. The van der Waals surface area contributed by atoms with Crippen molar-refractivity contribution in [2.45, 2.75) is 27.2 Å². The third kappa shape index (κ3) is 2.50. The molecule has 0 aliphatic carbocycles. The van der Waals surface area contributed by atoms with E-state index in [1.54, 1.807) is 6.92 Å². The molecule has 0 spiro atoms. The molecule has 64 valence electrons. The molecule has 0 aliphatic heterocycles. The number of rotatable bonds is 2. The Kier molecular flexibility index (Phi) is 2.64. The van der Waals surface area contributed by atoms with Crippen molar-refractivity contribution in [3.8, 4) is 0 Å². The summed E-state index contributed by atoms with van der Waals surface area (Å²) in [6, 6.07) is 6.24. The van der Waals surface area contributed by atoms with Gasteiger partial charge in [-0.05, 0) is 26.3 Å². The first-order valence-corrected chi connectivity index (χ1v) is 4.14. The minimum atomic E-state index is 0.222. The van der Waals surface area contributed by atoms with Crippen LogP contribution in [0.5, 0.6) is 0 Å². The van der Waals surface area contributed by atoms with E-state index in [1.165, 1.54) is 11.1 Å². The average Bonchev–Trinajstić information content (AvgIpc) is 1.81. The van der Waals surface area contributed by atoms with Crippen molar-refractivity contribution in [1.82, 2.24) is 0 Å². The molecular formula is C11H14O. The second kappa shape index (κ2) is 3.53. The monoisotopic (exact) mass is 162 g/mol. The lowest BCUT2D eigenvalue weighted by Gasteiger charge is -2.01. The van der Waals surface area contributed by atoms with E-state index in [-0.39, 0.29) is 5.78 Å². The van der Waals surface area contributed by atoms with Crippen molar-refractivity contribution in [1.29, 1.82) is 0 Å². The lowest BCUT2D eigenvalue weighted by Crippen LogP contribution is -1.96. The molecule has 0 heterocycles. The third-order valence-electron chi connectivity index (χ3n) is 1.73. The second-order valence-electron chi connectivity index (χ2n) is 3.37. The van der Waals surface area contributed by atoms with Crippen LogP contribution in [0.25, 0.3) is 0 Å². The smallest absolute Gasteiger partial charge is 0.134 e. The first-order valence-electron chi connectivity index (χ1n) is 4.14. The molecule has 0 radical (unpaired) electrons. The fourth-order valence-electron chi connectivity index (χ4n) is 1.46. The molecule has 0 fully saturated rings. The Bertz CT molecular complexity index is 280. The van der Waals surface area contributed by atoms with E-state index in [0.717, 1.165) is 5.56 Å². The number of aryl methyl sites for hydroxylation is 2. The highest BCUT2D eigenvalue weighted by Gasteiger charge is 1.98. The van der Waals surface area contributed by atoms with Crippen molar-refractivity contribution >= 4 is 5.78 Å². The van der Waals surface area contributed by atoms with Crippen LogP contribution in [-0.4, -0.2) is 5.78 Å². The van der Waals surface area contributed by atoms with Crippen molar-refractivity contribution in [2.75, 3.05) is 0 Å². The van der Waals surface area contributed by atoms with Crippen LogP contribution in [0, 0.1) is 13.8 Å². The first kappa shape index (κ1) is 8.98. The summed E-state index contributed by atoms with van der Waals surface area (Å²) in [4.78, 5) is 10.8. The van der Waals surface area contributed by atoms with Crippen molar-refractivity contribution in [3.63, 3.8) is 0 Å². The Morgan fingerprint density at radius 1 is 1.17 bits per heavy atom. The molecule has 0 atom stereocenters. The van der Waals surface area contributed by atoms with Crippen LogP contribution in [0.1, 0.15) is 23.6 Å². The maximum Gasteiger partial charge on any atom is 0.134 e. The first-order chi connectivity index (χ1) is 5.58. The number of benzene rings is 1. The molecular weight excluding hydrogens is 148 g/mol. The van der Waals surface area contributed by atoms with Crippen LogP contribution < -0.4 is 0 Å². The van der Waals surface area contributed by atoms with Crippen LogP contribution in [0.3, 0.4) is 0 Å². The summed E-state index contributed by atoms with van der Waals surface area (Å²) in [5.41, 5.74) is 3.58. The van der Waals surface area contributed by atoms with E-state index in [9.17, 15) is 4.79 Å². The third-order valence-corrected chi connectivity index (χ3v) is 1.73. The molecule has 0 aliphatic rings. The Morgan fingerprint density at radius 2 is 1.67 bits per heavy atom. The Balaban J connectivity index is 2.93. The van der Waals surface area contributed by atoms with Crippen LogP contribution >= 0.6 is 0 Å². The van der Waals surface area contributed by atoms with Gasteiger partial charge >= 0.3 is 0 Å². The molecule has 0 bridgehead atoms.